The summed E-state index contributed by atoms with van der Waals surface area (Å²) in [6, 6.07) is 10.4. The molecule has 0 spiro atoms. The van der Waals surface area contributed by atoms with Crippen LogP contribution in [-0.4, -0.2) is 57.4 Å². The molecule has 0 atom stereocenters. The minimum atomic E-state index is 0. The first-order chi connectivity index (χ1) is 11.3. The Kier molecular flexibility index (Phi) is 11.0. The van der Waals surface area contributed by atoms with E-state index in [1.54, 1.807) is 7.11 Å². The van der Waals surface area contributed by atoms with Crippen molar-refractivity contribution < 1.29 is 9.47 Å². The molecular weight excluding hydrogens is 417 g/mol. The molecule has 0 radical (unpaired) electrons. The molecule has 0 bridgehead atoms. The standard InChI is InChI=1S/C18H29N3O2.HI/c1-19-18(20-15-16-7-4-3-5-8-16)21-11-9-17(10-12-21)23-14-6-13-22-2;/h3-5,7-8,17H,6,9-15H2,1-2H3,(H,19,20);1H. The second-order valence-corrected chi connectivity index (χ2v) is 5.79. The first-order valence-electron chi connectivity index (χ1n) is 8.43. The molecule has 1 aromatic rings. The molecule has 2 rings (SSSR count). The second kappa shape index (κ2) is 12.5. The van der Waals surface area contributed by atoms with E-state index in [1.165, 1.54) is 5.56 Å². The van der Waals surface area contributed by atoms with Crippen molar-refractivity contribution >= 4 is 29.9 Å². The van der Waals surface area contributed by atoms with Gasteiger partial charge in [0.15, 0.2) is 5.96 Å². The van der Waals surface area contributed by atoms with Crippen LogP contribution in [0.25, 0.3) is 0 Å². The number of rotatable bonds is 7. The zero-order valence-electron chi connectivity index (χ0n) is 14.7. The van der Waals surface area contributed by atoms with Crippen LogP contribution >= 0.6 is 24.0 Å². The SMILES string of the molecule is CN=C(NCc1ccccc1)N1CCC(OCCCOC)CC1.I. The number of aliphatic imine (C=N–C) groups is 1. The molecule has 136 valence electrons. The zero-order valence-corrected chi connectivity index (χ0v) is 17.1. The molecule has 1 aliphatic heterocycles. The van der Waals surface area contributed by atoms with Gasteiger partial charge in [0.1, 0.15) is 0 Å². The lowest BCUT2D eigenvalue weighted by Crippen LogP contribution is -2.46. The van der Waals surface area contributed by atoms with Crippen LogP contribution in [-0.2, 0) is 16.0 Å². The fraction of sp³-hybridized carbons (Fsp3) is 0.611. The number of hydrogen-bond donors (Lipinski definition) is 1. The van der Waals surface area contributed by atoms with Gasteiger partial charge in [0, 0.05) is 47.0 Å². The number of ether oxygens (including phenoxy) is 2. The normalized spacial score (nSPS) is 15.9. The third-order valence-corrected chi connectivity index (χ3v) is 4.09. The molecule has 0 unspecified atom stereocenters. The molecule has 1 saturated heterocycles. The molecule has 1 N–H and O–H groups in total. The van der Waals surface area contributed by atoms with Crippen LogP contribution in [0.3, 0.4) is 0 Å². The first kappa shape index (κ1) is 21.2. The van der Waals surface area contributed by atoms with E-state index in [9.17, 15) is 0 Å². The summed E-state index contributed by atoms with van der Waals surface area (Å²) in [7, 11) is 3.58. The molecular formula is C18H30IN3O2. The van der Waals surface area contributed by atoms with Gasteiger partial charge in [-0.3, -0.25) is 4.99 Å². The largest absolute Gasteiger partial charge is 0.385 e. The maximum absolute atomic E-state index is 5.91. The summed E-state index contributed by atoms with van der Waals surface area (Å²) < 4.78 is 11.0. The smallest absolute Gasteiger partial charge is 0.193 e. The van der Waals surface area contributed by atoms with Gasteiger partial charge < -0.3 is 19.7 Å². The van der Waals surface area contributed by atoms with Crippen molar-refractivity contribution in [2.45, 2.75) is 31.9 Å². The first-order valence-corrected chi connectivity index (χ1v) is 8.43. The van der Waals surface area contributed by atoms with Crippen molar-refractivity contribution in [1.29, 1.82) is 0 Å². The highest BCUT2D eigenvalue weighted by atomic mass is 127. The number of hydrogen-bond acceptors (Lipinski definition) is 3. The van der Waals surface area contributed by atoms with Gasteiger partial charge in [0.05, 0.1) is 6.10 Å². The highest BCUT2D eigenvalue weighted by Crippen LogP contribution is 2.14. The molecule has 1 aliphatic rings. The number of guanidine groups is 1. The Bertz CT molecular complexity index is 463. The Morgan fingerprint density at radius 3 is 2.54 bits per heavy atom. The van der Waals surface area contributed by atoms with E-state index in [0.717, 1.165) is 58.1 Å². The van der Waals surface area contributed by atoms with Gasteiger partial charge in [-0.1, -0.05) is 30.3 Å². The summed E-state index contributed by atoms with van der Waals surface area (Å²) in [6.45, 7) is 4.35. The molecule has 6 heteroatoms. The van der Waals surface area contributed by atoms with E-state index in [1.807, 2.05) is 13.1 Å². The van der Waals surface area contributed by atoms with Gasteiger partial charge in [-0.25, -0.2) is 0 Å². The maximum Gasteiger partial charge on any atom is 0.193 e. The minimum Gasteiger partial charge on any atom is -0.385 e. The number of methoxy groups -OCH3 is 1. The Hall–Kier alpha value is -0.860. The third kappa shape index (κ3) is 7.36. The van der Waals surface area contributed by atoms with E-state index in [2.05, 4.69) is 39.5 Å². The number of piperidine rings is 1. The Morgan fingerprint density at radius 2 is 1.92 bits per heavy atom. The van der Waals surface area contributed by atoms with Crippen LogP contribution in [0.4, 0.5) is 0 Å². The Morgan fingerprint density at radius 1 is 1.21 bits per heavy atom. The predicted molar refractivity (Wildman–Crippen MR) is 109 cm³/mol. The van der Waals surface area contributed by atoms with E-state index in [4.69, 9.17) is 9.47 Å². The number of nitrogens with one attached hydrogen (secondary N) is 1. The third-order valence-electron chi connectivity index (χ3n) is 4.09. The molecule has 1 heterocycles. The lowest BCUT2D eigenvalue weighted by atomic mass is 10.1. The van der Waals surface area contributed by atoms with Crippen molar-refractivity contribution in [2.75, 3.05) is 40.5 Å². The van der Waals surface area contributed by atoms with Crippen LogP contribution in [0.2, 0.25) is 0 Å². The van der Waals surface area contributed by atoms with Crippen molar-refractivity contribution in [2.24, 2.45) is 4.99 Å². The molecule has 0 aromatic heterocycles. The molecule has 1 fully saturated rings. The van der Waals surface area contributed by atoms with Crippen molar-refractivity contribution in [3.05, 3.63) is 35.9 Å². The van der Waals surface area contributed by atoms with Gasteiger partial charge in [0.2, 0.25) is 0 Å². The van der Waals surface area contributed by atoms with Crippen molar-refractivity contribution in [3.8, 4) is 0 Å². The van der Waals surface area contributed by atoms with Gasteiger partial charge in [0.25, 0.3) is 0 Å². The minimum absolute atomic E-state index is 0. The van der Waals surface area contributed by atoms with Gasteiger partial charge in [-0.2, -0.15) is 0 Å². The summed E-state index contributed by atoms with van der Waals surface area (Å²) in [6.07, 6.45) is 3.45. The number of benzene rings is 1. The molecule has 1 aromatic carbocycles. The monoisotopic (exact) mass is 447 g/mol. The van der Waals surface area contributed by atoms with E-state index in [-0.39, 0.29) is 24.0 Å². The summed E-state index contributed by atoms with van der Waals surface area (Å²) in [5.41, 5.74) is 1.27. The maximum atomic E-state index is 5.91. The fourth-order valence-corrected chi connectivity index (χ4v) is 2.80. The van der Waals surface area contributed by atoms with Crippen molar-refractivity contribution in [1.82, 2.24) is 10.2 Å². The summed E-state index contributed by atoms with van der Waals surface area (Å²) in [5.74, 6) is 0.978. The fourth-order valence-electron chi connectivity index (χ4n) is 2.80. The summed E-state index contributed by atoms with van der Waals surface area (Å²) in [4.78, 5) is 6.73. The number of halogens is 1. The molecule has 24 heavy (non-hydrogen) atoms. The predicted octanol–water partition coefficient (Wildman–Crippen LogP) is 2.90. The van der Waals surface area contributed by atoms with Crippen LogP contribution in [0.1, 0.15) is 24.8 Å². The summed E-state index contributed by atoms with van der Waals surface area (Å²) >= 11 is 0. The topological polar surface area (TPSA) is 46.1 Å². The molecule has 5 nitrogen and oxygen atoms in total. The molecule has 0 aliphatic carbocycles. The average Bonchev–Trinajstić information content (AvgIpc) is 2.61. The van der Waals surface area contributed by atoms with Crippen LogP contribution < -0.4 is 5.32 Å². The Balaban J connectivity index is 0.00000288. The number of likely N-dealkylation sites (tertiary alicyclic amines) is 1. The second-order valence-electron chi connectivity index (χ2n) is 5.79. The number of nitrogens with zero attached hydrogens (tertiary/aromatic N) is 2. The average molecular weight is 447 g/mol. The van der Waals surface area contributed by atoms with E-state index in [0.29, 0.717) is 6.10 Å². The lowest BCUT2D eigenvalue weighted by Gasteiger charge is -2.34. The van der Waals surface area contributed by atoms with Crippen LogP contribution in [0.5, 0.6) is 0 Å². The van der Waals surface area contributed by atoms with E-state index >= 15 is 0 Å². The molecule has 0 saturated carbocycles. The van der Waals surface area contributed by atoms with Crippen LogP contribution in [0.15, 0.2) is 35.3 Å². The van der Waals surface area contributed by atoms with Gasteiger partial charge in [-0.05, 0) is 24.8 Å². The molecule has 0 amide bonds. The zero-order chi connectivity index (χ0) is 16.3. The quantitative estimate of drug-likeness (QED) is 0.302. The van der Waals surface area contributed by atoms with E-state index < -0.39 is 0 Å². The lowest BCUT2D eigenvalue weighted by molar-refractivity contribution is 0.00990. The van der Waals surface area contributed by atoms with Crippen molar-refractivity contribution in [3.63, 3.8) is 0 Å². The summed E-state index contributed by atoms with van der Waals surface area (Å²) in [5, 5.41) is 3.45. The Labute approximate surface area is 162 Å². The van der Waals surface area contributed by atoms with Crippen LogP contribution in [0, 0.1) is 0 Å². The van der Waals surface area contributed by atoms with Gasteiger partial charge >= 0.3 is 0 Å². The highest BCUT2D eigenvalue weighted by Gasteiger charge is 2.21. The highest BCUT2D eigenvalue weighted by molar-refractivity contribution is 14.0. The van der Waals surface area contributed by atoms with Gasteiger partial charge in [-0.15, -0.1) is 24.0 Å².